The summed E-state index contributed by atoms with van der Waals surface area (Å²) in [5, 5.41) is 0. The maximum absolute atomic E-state index is 12.4. The molecule has 0 saturated carbocycles. The molecule has 3 rings (SSSR count). The van der Waals surface area contributed by atoms with E-state index in [4.69, 9.17) is 13.9 Å². The Labute approximate surface area is 123 Å². The molecule has 0 atom stereocenters. The molecule has 1 aromatic heterocycles. The van der Waals surface area contributed by atoms with Crippen LogP contribution in [0.3, 0.4) is 0 Å². The normalized spacial score (nSPS) is 13.6. The third-order valence-corrected chi connectivity index (χ3v) is 3.36. The molecular weight excluding hydrogens is 268 g/mol. The number of carbonyl (C=O) groups is 1. The number of aryl methyl sites for hydroxylation is 1. The highest BCUT2D eigenvalue weighted by molar-refractivity contribution is 6.08. The van der Waals surface area contributed by atoms with Crippen molar-refractivity contribution in [1.82, 2.24) is 0 Å². The first-order valence-corrected chi connectivity index (χ1v) is 6.96. The number of furan rings is 1. The number of hydrogen-bond acceptors (Lipinski definition) is 4. The summed E-state index contributed by atoms with van der Waals surface area (Å²) in [5.41, 5.74) is 1.60. The van der Waals surface area contributed by atoms with Crippen LogP contribution in [-0.2, 0) is 6.42 Å². The Morgan fingerprint density at radius 1 is 1.24 bits per heavy atom. The van der Waals surface area contributed by atoms with Gasteiger partial charge in [0.2, 0.25) is 0 Å². The van der Waals surface area contributed by atoms with E-state index in [0.29, 0.717) is 36.0 Å². The molecule has 1 aromatic carbocycles. The maximum atomic E-state index is 12.4. The van der Waals surface area contributed by atoms with E-state index >= 15 is 0 Å². The Hall–Kier alpha value is -2.49. The molecule has 2 heterocycles. The summed E-state index contributed by atoms with van der Waals surface area (Å²) in [4.78, 5) is 12.4. The molecule has 1 aliphatic rings. The van der Waals surface area contributed by atoms with Crippen LogP contribution < -0.4 is 9.47 Å². The lowest BCUT2D eigenvalue weighted by molar-refractivity contribution is 0.104. The van der Waals surface area contributed by atoms with E-state index in [2.05, 4.69) is 0 Å². The highest BCUT2D eigenvalue weighted by Crippen LogP contribution is 2.33. The average molecular weight is 284 g/mol. The highest BCUT2D eigenvalue weighted by Gasteiger charge is 2.17. The fourth-order valence-electron chi connectivity index (χ4n) is 2.29. The van der Waals surface area contributed by atoms with Crippen molar-refractivity contribution < 1.29 is 18.7 Å². The van der Waals surface area contributed by atoms with Gasteiger partial charge in [0.05, 0.1) is 6.26 Å². The molecule has 0 N–H and O–H groups in total. The first kappa shape index (κ1) is 13.5. The van der Waals surface area contributed by atoms with Gasteiger partial charge in [-0.15, -0.1) is 0 Å². The lowest BCUT2D eigenvalue weighted by Gasteiger charge is -2.20. The Morgan fingerprint density at radius 2 is 2.00 bits per heavy atom. The van der Waals surface area contributed by atoms with Gasteiger partial charge in [-0.3, -0.25) is 4.79 Å². The summed E-state index contributed by atoms with van der Waals surface area (Å²) < 4.78 is 16.3. The van der Waals surface area contributed by atoms with E-state index in [1.54, 1.807) is 30.5 Å². The minimum atomic E-state index is -0.0692. The second-order valence-electron chi connectivity index (χ2n) is 4.72. The molecule has 0 unspecified atom stereocenters. The fraction of sp³-hybridized carbons (Fsp3) is 0.235. The monoisotopic (exact) mass is 284 g/mol. The van der Waals surface area contributed by atoms with E-state index in [-0.39, 0.29) is 5.78 Å². The van der Waals surface area contributed by atoms with Crippen LogP contribution in [0.15, 0.2) is 41.0 Å². The second-order valence-corrected chi connectivity index (χ2v) is 4.72. The van der Waals surface area contributed by atoms with Crippen molar-refractivity contribution >= 4 is 11.9 Å². The van der Waals surface area contributed by atoms with Crippen LogP contribution in [0, 0.1) is 0 Å². The number of allylic oxidation sites excluding steroid dienone is 1. The maximum Gasteiger partial charge on any atom is 0.186 e. The zero-order chi connectivity index (χ0) is 14.7. The van der Waals surface area contributed by atoms with Gasteiger partial charge < -0.3 is 13.9 Å². The lowest BCUT2D eigenvalue weighted by atomic mass is 10.00. The van der Waals surface area contributed by atoms with E-state index in [1.165, 1.54) is 6.08 Å². The lowest BCUT2D eigenvalue weighted by Crippen LogP contribution is -2.16. The van der Waals surface area contributed by atoms with Crippen LogP contribution in [0.1, 0.15) is 28.6 Å². The molecular formula is C17H16O4. The third kappa shape index (κ3) is 2.84. The van der Waals surface area contributed by atoms with Crippen LogP contribution in [0.5, 0.6) is 11.5 Å². The summed E-state index contributed by atoms with van der Waals surface area (Å²) in [7, 11) is 0. The van der Waals surface area contributed by atoms with Crippen LogP contribution >= 0.6 is 0 Å². The molecule has 0 spiro atoms. The second kappa shape index (κ2) is 5.87. The molecule has 4 heteroatoms. The Bertz CT molecular complexity index is 668. The Balaban J connectivity index is 1.91. The number of ketones is 1. The fourth-order valence-corrected chi connectivity index (χ4v) is 2.29. The standard InChI is InChI=1S/C17H16O4/c1-2-12-10-16-17(21-9-8-20-16)11-14(12)15(18)6-5-13-4-3-7-19-13/h3-7,10-11H,2,8-9H2,1H3. The van der Waals surface area contributed by atoms with Crippen LogP contribution in [0.2, 0.25) is 0 Å². The van der Waals surface area contributed by atoms with Crippen molar-refractivity contribution in [3.05, 3.63) is 53.5 Å². The van der Waals surface area contributed by atoms with Gasteiger partial charge in [0.1, 0.15) is 19.0 Å². The number of hydrogen-bond donors (Lipinski definition) is 0. The van der Waals surface area contributed by atoms with E-state index in [9.17, 15) is 4.79 Å². The average Bonchev–Trinajstić information content (AvgIpc) is 3.04. The van der Waals surface area contributed by atoms with E-state index in [0.717, 1.165) is 12.0 Å². The molecule has 0 amide bonds. The van der Waals surface area contributed by atoms with Gasteiger partial charge in [-0.1, -0.05) is 6.92 Å². The van der Waals surface area contributed by atoms with Gasteiger partial charge in [-0.05, 0) is 48.4 Å². The summed E-state index contributed by atoms with van der Waals surface area (Å²) in [6, 6.07) is 7.24. The topological polar surface area (TPSA) is 48.7 Å². The number of rotatable bonds is 4. The molecule has 21 heavy (non-hydrogen) atoms. The van der Waals surface area contributed by atoms with Crippen molar-refractivity contribution in [3.63, 3.8) is 0 Å². The third-order valence-electron chi connectivity index (χ3n) is 3.36. The zero-order valence-electron chi connectivity index (χ0n) is 11.8. The molecule has 2 aromatic rings. The predicted molar refractivity (Wildman–Crippen MR) is 78.9 cm³/mol. The molecule has 4 nitrogen and oxygen atoms in total. The van der Waals surface area contributed by atoms with Gasteiger partial charge in [-0.25, -0.2) is 0 Å². The number of fused-ring (bicyclic) bond motifs is 1. The quantitative estimate of drug-likeness (QED) is 0.637. The molecule has 108 valence electrons. The molecule has 1 aliphatic heterocycles. The number of carbonyl (C=O) groups excluding carboxylic acids is 1. The van der Waals surface area contributed by atoms with Crippen LogP contribution in [0.4, 0.5) is 0 Å². The smallest absolute Gasteiger partial charge is 0.186 e. The van der Waals surface area contributed by atoms with Crippen LogP contribution in [-0.4, -0.2) is 19.0 Å². The minimum absolute atomic E-state index is 0.0692. The van der Waals surface area contributed by atoms with Crippen LogP contribution in [0.25, 0.3) is 6.08 Å². The number of ether oxygens (including phenoxy) is 2. The van der Waals surface area contributed by atoms with Gasteiger partial charge in [0.25, 0.3) is 0 Å². The minimum Gasteiger partial charge on any atom is -0.486 e. The van der Waals surface area contributed by atoms with Gasteiger partial charge in [0, 0.05) is 5.56 Å². The molecule has 0 radical (unpaired) electrons. The molecule has 0 fully saturated rings. The first-order valence-electron chi connectivity index (χ1n) is 6.96. The van der Waals surface area contributed by atoms with Gasteiger partial charge in [0.15, 0.2) is 17.3 Å². The predicted octanol–water partition coefficient (Wildman–Crippen LogP) is 3.51. The molecule has 0 saturated heterocycles. The van der Waals surface area contributed by atoms with Crippen molar-refractivity contribution in [2.45, 2.75) is 13.3 Å². The molecule has 0 aliphatic carbocycles. The highest BCUT2D eigenvalue weighted by atomic mass is 16.6. The Kier molecular flexibility index (Phi) is 3.77. The zero-order valence-corrected chi connectivity index (χ0v) is 11.8. The number of benzene rings is 1. The largest absolute Gasteiger partial charge is 0.486 e. The van der Waals surface area contributed by atoms with Crippen molar-refractivity contribution in [3.8, 4) is 11.5 Å². The van der Waals surface area contributed by atoms with E-state index in [1.807, 2.05) is 13.0 Å². The summed E-state index contributed by atoms with van der Waals surface area (Å²) >= 11 is 0. The summed E-state index contributed by atoms with van der Waals surface area (Å²) in [5.74, 6) is 1.93. The van der Waals surface area contributed by atoms with E-state index < -0.39 is 0 Å². The van der Waals surface area contributed by atoms with Crippen molar-refractivity contribution in [1.29, 1.82) is 0 Å². The summed E-state index contributed by atoms with van der Waals surface area (Å²) in [6.07, 6.45) is 5.51. The summed E-state index contributed by atoms with van der Waals surface area (Å²) in [6.45, 7) is 3.06. The van der Waals surface area contributed by atoms with Crippen molar-refractivity contribution in [2.24, 2.45) is 0 Å². The SMILES string of the molecule is CCc1cc2c(cc1C(=O)C=Cc1ccco1)OCCO2. The van der Waals surface area contributed by atoms with Crippen molar-refractivity contribution in [2.75, 3.05) is 13.2 Å². The van der Waals surface area contributed by atoms with Gasteiger partial charge in [-0.2, -0.15) is 0 Å². The van der Waals surface area contributed by atoms with Gasteiger partial charge >= 0.3 is 0 Å². The molecule has 0 bridgehead atoms. The first-order chi connectivity index (χ1) is 10.3. The Morgan fingerprint density at radius 3 is 2.67 bits per heavy atom.